The maximum Gasteiger partial charge on any atom is 0.106 e. The zero-order chi connectivity index (χ0) is 23.1. The lowest BCUT2D eigenvalue weighted by Crippen LogP contribution is -2.35. The molecule has 0 radical (unpaired) electrons. The second kappa shape index (κ2) is 8.41. The summed E-state index contributed by atoms with van der Waals surface area (Å²) in [5.74, 6) is 0. The molecule has 6 rings (SSSR count). The first-order valence-corrected chi connectivity index (χ1v) is 15.1. The lowest BCUT2D eigenvalue weighted by Gasteiger charge is -2.30. The van der Waals surface area contributed by atoms with Gasteiger partial charge in [0.25, 0.3) is 0 Å². The van der Waals surface area contributed by atoms with E-state index in [9.17, 15) is 0 Å². The Balaban J connectivity index is 1.41. The quantitative estimate of drug-likeness (QED) is 0.264. The number of hydrogen-bond acceptors (Lipinski definition) is 0. The van der Waals surface area contributed by atoms with Crippen LogP contribution in [0.4, 0.5) is 0 Å². The van der Waals surface area contributed by atoms with Crippen LogP contribution >= 0.6 is 0 Å². The molecule has 166 valence electrons. The Morgan fingerprint density at radius 2 is 1.00 bits per heavy atom. The Kier molecular flexibility index (Phi) is 5.23. The van der Waals surface area contributed by atoms with E-state index in [2.05, 4.69) is 123 Å². The third kappa shape index (κ3) is 3.43. The van der Waals surface area contributed by atoms with Crippen molar-refractivity contribution < 1.29 is 0 Å². The first-order valence-electron chi connectivity index (χ1n) is 12.4. The largest absolute Gasteiger partial charge is 0.106 e. The summed E-state index contributed by atoms with van der Waals surface area (Å²) in [6, 6.07) is 36.7. The molecule has 34 heavy (non-hydrogen) atoms. The minimum atomic E-state index is -1.78. The average molecular weight is 455 g/mol. The van der Waals surface area contributed by atoms with Crippen molar-refractivity contribution in [2.45, 2.75) is 32.4 Å². The number of fused-ring (bicyclic) bond motifs is 2. The first-order chi connectivity index (χ1) is 16.7. The van der Waals surface area contributed by atoms with Crippen LogP contribution in [-0.2, 0) is 12.8 Å². The molecule has 0 fully saturated rings. The monoisotopic (exact) mass is 454 g/mol. The SMILES string of the molecule is CC[Si](C)(C1=Cc2c(cccc2-c2ccccc2)C1)C1=Cc2c(cccc2-c2ccccc2)C1. The standard InChI is InChI=1S/C33H30Si/c1-3-34(2,28-20-26-16-10-18-30(32(26)22-28)24-12-6-4-7-13-24)29-21-27-17-11-19-31(33(27)23-29)25-14-8-5-9-15-25/h4-19,22-23H,3,20-21H2,1-2H3. The molecule has 0 spiro atoms. The van der Waals surface area contributed by atoms with E-state index in [0.29, 0.717) is 0 Å². The molecule has 4 aromatic rings. The smallest absolute Gasteiger partial charge is 0.0712 e. The zero-order valence-corrected chi connectivity index (χ0v) is 21.0. The van der Waals surface area contributed by atoms with Gasteiger partial charge >= 0.3 is 0 Å². The molecular weight excluding hydrogens is 424 g/mol. The van der Waals surface area contributed by atoms with E-state index in [1.54, 1.807) is 10.4 Å². The molecule has 0 saturated carbocycles. The summed E-state index contributed by atoms with van der Waals surface area (Å²) < 4.78 is 0. The molecule has 0 amide bonds. The summed E-state index contributed by atoms with van der Waals surface area (Å²) in [5, 5.41) is 3.38. The van der Waals surface area contributed by atoms with E-state index < -0.39 is 8.07 Å². The van der Waals surface area contributed by atoms with Crippen LogP contribution in [0.25, 0.3) is 34.4 Å². The molecule has 0 heterocycles. The highest BCUT2D eigenvalue weighted by atomic mass is 28.3. The Bertz CT molecular complexity index is 1320. The molecule has 1 heteroatoms. The fraction of sp³-hybridized carbons (Fsp3) is 0.152. The van der Waals surface area contributed by atoms with Crippen molar-refractivity contribution in [3.05, 3.63) is 130 Å². The molecule has 4 aromatic carbocycles. The summed E-state index contributed by atoms with van der Waals surface area (Å²) >= 11 is 0. The highest BCUT2D eigenvalue weighted by Gasteiger charge is 2.38. The van der Waals surface area contributed by atoms with Crippen molar-refractivity contribution in [2.24, 2.45) is 0 Å². The molecule has 0 bridgehead atoms. The summed E-state index contributed by atoms with van der Waals surface area (Å²) in [6.45, 7) is 5.02. The summed E-state index contributed by atoms with van der Waals surface area (Å²) in [7, 11) is -1.78. The normalized spacial score (nSPS) is 14.4. The topological polar surface area (TPSA) is 0 Å². The molecule has 0 aromatic heterocycles. The van der Waals surface area contributed by atoms with Crippen molar-refractivity contribution in [2.75, 3.05) is 0 Å². The van der Waals surface area contributed by atoms with Crippen LogP contribution in [0.15, 0.2) is 107 Å². The average Bonchev–Trinajstić information content (AvgIpc) is 3.54. The van der Waals surface area contributed by atoms with Crippen LogP contribution in [0.2, 0.25) is 12.6 Å². The molecule has 2 aliphatic rings. The molecule has 0 unspecified atom stereocenters. The van der Waals surface area contributed by atoms with Gasteiger partial charge in [0, 0.05) is 0 Å². The maximum atomic E-state index is 2.60. The van der Waals surface area contributed by atoms with Crippen molar-refractivity contribution in [1.82, 2.24) is 0 Å². The van der Waals surface area contributed by atoms with Gasteiger partial charge in [0.15, 0.2) is 0 Å². The van der Waals surface area contributed by atoms with Crippen molar-refractivity contribution in [3.63, 3.8) is 0 Å². The Morgan fingerprint density at radius 1 is 0.559 bits per heavy atom. The molecule has 0 N–H and O–H groups in total. The van der Waals surface area contributed by atoms with Gasteiger partial charge in [-0.15, -0.1) is 0 Å². The van der Waals surface area contributed by atoms with Crippen LogP contribution in [-0.4, -0.2) is 8.07 Å². The number of hydrogen-bond donors (Lipinski definition) is 0. The van der Waals surface area contributed by atoms with Gasteiger partial charge < -0.3 is 0 Å². The molecule has 0 atom stereocenters. The minimum Gasteiger partial charge on any atom is -0.0712 e. The van der Waals surface area contributed by atoms with Gasteiger partial charge in [0.2, 0.25) is 0 Å². The Morgan fingerprint density at radius 3 is 1.41 bits per heavy atom. The third-order valence-corrected chi connectivity index (χ3v) is 13.0. The summed E-state index contributed by atoms with van der Waals surface area (Å²) in [6.07, 6.45) is 7.34. The molecule has 0 saturated heterocycles. The lowest BCUT2D eigenvalue weighted by molar-refractivity contribution is 1.19. The molecule has 0 nitrogen and oxygen atoms in total. The highest BCUT2D eigenvalue weighted by molar-refractivity contribution is 6.93. The predicted octanol–water partition coefficient (Wildman–Crippen LogP) is 8.78. The maximum absolute atomic E-state index is 2.60. The fourth-order valence-electron chi connectivity index (χ4n) is 5.84. The van der Waals surface area contributed by atoms with Gasteiger partial charge in [-0.3, -0.25) is 0 Å². The van der Waals surface area contributed by atoms with Crippen LogP contribution in [0.1, 0.15) is 29.2 Å². The summed E-state index contributed by atoms with van der Waals surface area (Å²) in [4.78, 5) is 0. The summed E-state index contributed by atoms with van der Waals surface area (Å²) in [5.41, 5.74) is 11.2. The minimum absolute atomic E-state index is 1.10. The van der Waals surface area contributed by atoms with Gasteiger partial charge in [-0.05, 0) is 57.3 Å². The van der Waals surface area contributed by atoms with Gasteiger partial charge in [-0.1, -0.05) is 139 Å². The molecule has 2 aliphatic carbocycles. The molecular formula is C33H30Si. The van der Waals surface area contributed by atoms with E-state index in [-0.39, 0.29) is 0 Å². The van der Waals surface area contributed by atoms with E-state index in [0.717, 1.165) is 12.8 Å². The van der Waals surface area contributed by atoms with Gasteiger partial charge in [0.05, 0.1) is 0 Å². The second-order valence-electron chi connectivity index (χ2n) is 9.87. The van der Waals surface area contributed by atoms with Crippen LogP contribution in [0.3, 0.4) is 0 Å². The van der Waals surface area contributed by atoms with Gasteiger partial charge in [0.1, 0.15) is 8.07 Å². The van der Waals surface area contributed by atoms with E-state index >= 15 is 0 Å². The van der Waals surface area contributed by atoms with E-state index in [1.807, 2.05) is 0 Å². The van der Waals surface area contributed by atoms with Crippen molar-refractivity contribution in [3.8, 4) is 22.3 Å². The van der Waals surface area contributed by atoms with Gasteiger partial charge in [-0.2, -0.15) is 0 Å². The number of allylic oxidation sites excluding steroid dienone is 2. The van der Waals surface area contributed by atoms with Crippen LogP contribution < -0.4 is 0 Å². The Labute approximate surface area is 204 Å². The molecule has 0 aliphatic heterocycles. The highest BCUT2D eigenvalue weighted by Crippen LogP contribution is 2.44. The lowest BCUT2D eigenvalue weighted by atomic mass is 9.97. The van der Waals surface area contributed by atoms with Crippen LogP contribution in [0.5, 0.6) is 0 Å². The first kappa shape index (κ1) is 21.1. The third-order valence-electron chi connectivity index (χ3n) is 8.09. The number of benzene rings is 4. The number of rotatable bonds is 5. The zero-order valence-electron chi connectivity index (χ0n) is 20.0. The Hall–Kier alpha value is -3.42. The van der Waals surface area contributed by atoms with Crippen molar-refractivity contribution >= 4 is 20.2 Å². The second-order valence-corrected chi connectivity index (χ2v) is 14.5. The van der Waals surface area contributed by atoms with Gasteiger partial charge in [-0.25, -0.2) is 0 Å². The van der Waals surface area contributed by atoms with Crippen LogP contribution in [0, 0.1) is 0 Å². The van der Waals surface area contributed by atoms with Crippen molar-refractivity contribution in [1.29, 1.82) is 0 Å². The van der Waals surface area contributed by atoms with E-state index in [4.69, 9.17) is 0 Å². The van der Waals surface area contributed by atoms with E-state index in [1.165, 1.54) is 50.6 Å². The predicted molar refractivity (Wildman–Crippen MR) is 149 cm³/mol. The fourth-order valence-corrected chi connectivity index (χ4v) is 9.25.